The number of hydrogen-bond donors (Lipinski definition) is 6. The molecule has 6 nitrogen and oxygen atoms in total. The standard InChI is InChI=1S/C9H20O6/c10-3-1-2-8(14)9(15,6-12)4-7(13)5-11/h7-8,10-15H,1-6H2. The second-order valence-electron chi connectivity index (χ2n) is 3.68. The van der Waals surface area contributed by atoms with Gasteiger partial charge < -0.3 is 30.6 Å². The molecule has 15 heavy (non-hydrogen) atoms. The second kappa shape index (κ2) is 7.10. The van der Waals surface area contributed by atoms with Crippen molar-refractivity contribution < 1.29 is 30.6 Å². The van der Waals surface area contributed by atoms with Gasteiger partial charge in [0.15, 0.2) is 0 Å². The van der Waals surface area contributed by atoms with Crippen molar-refractivity contribution in [2.45, 2.75) is 37.1 Å². The fourth-order valence-electron chi connectivity index (χ4n) is 1.33. The molecule has 0 spiro atoms. The molecule has 0 fully saturated rings. The van der Waals surface area contributed by atoms with Gasteiger partial charge >= 0.3 is 0 Å². The van der Waals surface area contributed by atoms with E-state index in [0.717, 1.165) is 0 Å². The van der Waals surface area contributed by atoms with Gasteiger partial charge in [-0.3, -0.25) is 0 Å². The van der Waals surface area contributed by atoms with E-state index in [1.807, 2.05) is 0 Å². The summed E-state index contributed by atoms with van der Waals surface area (Å²) in [5.74, 6) is 0. The Morgan fingerprint density at radius 1 is 1.07 bits per heavy atom. The lowest BCUT2D eigenvalue weighted by molar-refractivity contribution is -0.132. The minimum Gasteiger partial charge on any atom is -0.396 e. The highest BCUT2D eigenvalue weighted by atomic mass is 16.4. The van der Waals surface area contributed by atoms with Crippen molar-refractivity contribution in [3.63, 3.8) is 0 Å². The molecule has 0 aliphatic carbocycles. The summed E-state index contributed by atoms with van der Waals surface area (Å²) in [4.78, 5) is 0. The van der Waals surface area contributed by atoms with Crippen LogP contribution in [0.3, 0.4) is 0 Å². The molecule has 0 aromatic rings. The highest BCUT2D eigenvalue weighted by Crippen LogP contribution is 2.20. The molecule has 3 atom stereocenters. The lowest BCUT2D eigenvalue weighted by atomic mass is 9.88. The van der Waals surface area contributed by atoms with Gasteiger partial charge in [0.2, 0.25) is 0 Å². The Labute approximate surface area is 88.4 Å². The van der Waals surface area contributed by atoms with Crippen LogP contribution in [0.5, 0.6) is 0 Å². The maximum atomic E-state index is 9.76. The number of rotatable bonds is 8. The lowest BCUT2D eigenvalue weighted by Crippen LogP contribution is -2.48. The Hall–Kier alpha value is -0.240. The van der Waals surface area contributed by atoms with E-state index in [9.17, 15) is 10.2 Å². The molecule has 0 radical (unpaired) electrons. The van der Waals surface area contributed by atoms with Gasteiger partial charge in [0.1, 0.15) is 5.60 Å². The van der Waals surface area contributed by atoms with Crippen LogP contribution in [0.2, 0.25) is 0 Å². The summed E-state index contributed by atoms with van der Waals surface area (Å²) >= 11 is 0. The van der Waals surface area contributed by atoms with Crippen LogP contribution in [0.4, 0.5) is 0 Å². The molecule has 92 valence electrons. The Bertz CT molecular complexity index is 165. The van der Waals surface area contributed by atoms with Gasteiger partial charge in [-0.25, -0.2) is 0 Å². The van der Waals surface area contributed by atoms with Crippen LogP contribution < -0.4 is 0 Å². The normalized spacial score (nSPS) is 19.6. The van der Waals surface area contributed by atoms with Gasteiger partial charge in [0, 0.05) is 13.0 Å². The molecule has 0 amide bonds. The summed E-state index contributed by atoms with van der Waals surface area (Å²) in [5, 5.41) is 54.5. The molecule has 0 rings (SSSR count). The van der Waals surface area contributed by atoms with Crippen molar-refractivity contribution >= 4 is 0 Å². The van der Waals surface area contributed by atoms with Crippen molar-refractivity contribution in [2.24, 2.45) is 0 Å². The highest BCUT2D eigenvalue weighted by molar-refractivity contribution is 4.88. The predicted molar refractivity (Wildman–Crippen MR) is 52.1 cm³/mol. The lowest BCUT2D eigenvalue weighted by Gasteiger charge is -2.32. The van der Waals surface area contributed by atoms with Gasteiger partial charge in [0.05, 0.1) is 25.4 Å². The van der Waals surface area contributed by atoms with Gasteiger partial charge in [-0.05, 0) is 12.8 Å². The third-order valence-electron chi connectivity index (χ3n) is 2.33. The fourth-order valence-corrected chi connectivity index (χ4v) is 1.33. The van der Waals surface area contributed by atoms with E-state index in [0.29, 0.717) is 6.42 Å². The number of aliphatic hydroxyl groups excluding tert-OH is 5. The van der Waals surface area contributed by atoms with Crippen molar-refractivity contribution in [3.8, 4) is 0 Å². The Kier molecular flexibility index (Phi) is 6.99. The summed E-state index contributed by atoms with van der Waals surface area (Å²) < 4.78 is 0. The topological polar surface area (TPSA) is 121 Å². The quantitative estimate of drug-likeness (QED) is 0.273. The van der Waals surface area contributed by atoms with Gasteiger partial charge in [0.25, 0.3) is 0 Å². The Morgan fingerprint density at radius 2 is 1.67 bits per heavy atom. The van der Waals surface area contributed by atoms with Crippen molar-refractivity contribution in [1.29, 1.82) is 0 Å². The zero-order chi connectivity index (χ0) is 11.9. The van der Waals surface area contributed by atoms with E-state index in [1.165, 1.54) is 0 Å². The number of aliphatic hydroxyl groups is 6. The van der Waals surface area contributed by atoms with Gasteiger partial charge in [-0.15, -0.1) is 0 Å². The first-order chi connectivity index (χ1) is 7.00. The maximum absolute atomic E-state index is 9.76. The molecular weight excluding hydrogens is 204 g/mol. The SMILES string of the molecule is OCCCC(O)C(O)(CO)CC(O)CO. The second-order valence-corrected chi connectivity index (χ2v) is 3.68. The average Bonchev–Trinajstić information content (AvgIpc) is 2.25. The highest BCUT2D eigenvalue weighted by Gasteiger charge is 2.36. The molecule has 6 N–H and O–H groups in total. The molecular formula is C9H20O6. The van der Waals surface area contributed by atoms with Crippen LogP contribution in [0.1, 0.15) is 19.3 Å². The Balaban J connectivity index is 4.26. The minimum absolute atomic E-state index is 0.117. The third kappa shape index (κ3) is 4.87. The third-order valence-corrected chi connectivity index (χ3v) is 2.33. The molecule has 0 aromatic carbocycles. The van der Waals surface area contributed by atoms with E-state index >= 15 is 0 Å². The molecule has 0 aliphatic rings. The first kappa shape index (κ1) is 14.8. The summed E-state index contributed by atoms with van der Waals surface area (Å²) in [6.07, 6.45) is -2.33. The van der Waals surface area contributed by atoms with Crippen LogP contribution in [0.15, 0.2) is 0 Å². The van der Waals surface area contributed by atoms with E-state index in [4.69, 9.17) is 20.4 Å². The molecule has 0 aliphatic heterocycles. The molecule has 0 heterocycles. The molecule has 6 heteroatoms. The molecule has 0 saturated heterocycles. The van der Waals surface area contributed by atoms with Crippen LogP contribution in [-0.2, 0) is 0 Å². The monoisotopic (exact) mass is 224 g/mol. The van der Waals surface area contributed by atoms with E-state index < -0.39 is 31.0 Å². The molecule has 0 saturated carbocycles. The maximum Gasteiger partial charge on any atom is 0.116 e. The summed E-state index contributed by atoms with van der Waals surface area (Å²) in [6.45, 7) is -1.38. The van der Waals surface area contributed by atoms with Crippen LogP contribution in [-0.4, -0.2) is 68.3 Å². The first-order valence-electron chi connectivity index (χ1n) is 4.91. The zero-order valence-electron chi connectivity index (χ0n) is 8.58. The largest absolute Gasteiger partial charge is 0.396 e. The molecule has 0 bridgehead atoms. The fraction of sp³-hybridized carbons (Fsp3) is 1.00. The average molecular weight is 224 g/mol. The summed E-state index contributed by atoms with van der Waals surface area (Å²) in [7, 11) is 0. The van der Waals surface area contributed by atoms with Gasteiger partial charge in [-0.2, -0.15) is 0 Å². The predicted octanol–water partition coefficient (Wildman–Crippen LogP) is -2.41. The van der Waals surface area contributed by atoms with Crippen LogP contribution >= 0.6 is 0 Å². The summed E-state index contributed by atoms with van der Waals surface area (Å²) in [5.41, 5.74) is -1.84. The van der Waals surface area contributed by atoms with E-state index in [-0.39, 0.29) is 19.4 Å². The molecule has 0 aromatic heterocycles. The number of hydrogen-bond acceptors (Lipinski definition) is 6. The van der Waals surface area contributed by atoms with Crippen LogP contribution in [0, 0.1) is 0 Å². The van der Waals surface area contributed by atoms with Crippen molar-refractivity contribution in [1.82, 2.24) is 0 Å². The smallest absolute Gasteiger partial charge is 0.116 e. The Morgan fingerprint density at radius 3 is 2.07 bits per heavy atom. The van der Waals surface area contributed by atoms with Gasteiger partial charge in [-0.1, -0.05) is 0 Å². The summed E-state index contributed by atoms with van der Waals surface area (Å²) in [6, 6.07) is 0. The molecule has 3 unspecified atom stereocenters. The van der Waals surface area contributed by atoms with Crippen LogP contribution in [0.25, 0.3) is 0 Å². The van der Waals surface area contributed by atoms with E-state index in [1.54, 1.807) is 0 Å². The zero-order valence-corrected chi connectivity index (χ0v) is 8.58. The first-order valence-corrected chi connectivity index (χ1v) is 4.91. The van der Waals surface area contributed by atoms with E-state index in [2.05, 4.69) is 0 Å². The van der Waals surface area contributed by atoms with Crippen molar-refractivity contribution in [3.05, 3.63) is 0 Å². The minimum atomic E-state index is -1.84. The van der Waals surface area contributed by atoms with Crippen molar-refractivity contribution in [2.75, 3.05) is 19.8 Å².